The number of hydrogen-bond donors (Lipinski definition) is 3. The topological polar surface area (TPSA) is 144 Å². The number of allylic oxidation sites excluding steroid dienone is 2. The summed E-state index contributed by atoms with van der Waals surface area (Å²) in [6, 6.07) is 23.9. The van der Waals surface area contributed by atoms with Gasteiger partial charge >= 0.3 is 5.97 Å². The molecule has 4 amide bonds. The molecule has 0 radical (unpaired) electrons. The Kier molecular flexibility index (Phi) is 7.57. The molecular formula is C39H29ClFN3O7. The van der Waals surface area contributed by atoms with Crippen molar-refractivity contribution in [3.05, 3.63) is 136 Å². The lowest BCUT2D eigenvalue weighted by molar-refractivity contribution is -0.138. The van der Waals surface area contributed by atoms with Crippen molar-refractivity contribution in [2.75, 3.05) is 10.3 Å². The number of phenols is 1. The van der Waals surface area contributed by atoms with E-state index in [-0.39, 0.29) is 29.8 Å². The summed E-state index contributed by atoms with van der Waals surface area (Å²) in [7, 11) is 0. The van der Waals surface area contributed by atoms with E-state index in [0.29, 0.717) is 27.4 Å². The Balaban J connectivity index is 1.30. The van der Waals surface area contributed by atoms with Gasteiger partial charge in [0.05, 0.1) is 40.1 Å². The minimum absolute atomic E-state index is 0.0269. The van der Waals surface area contributed by atoms with Crippen LogP contribution >= 0.6 is 11.6 Å². The first-order chi connectivity index (χ1) is 24.5. The van der Waals surface area contributed by atoms with Crippen molar-refractivity contribution in [3.63, 3.8) is 0 Å². The van der Waals surface area contributed by atoms with Gasteiger partial charge in [-0.2, -0.15) is 5.01 Å². The molecule has 8 rings (SSSR count). The third-order valence-corrected chi connectivity index (χ3v) is 11.1. The van der Waals surface area contributed by atoms with Crippen LogP contribution in [-0.2, 0) is 24.6 Å². The number of aromatic carboxylic acids is 1. The number of benzene rings is 4. The normalized spacial score (nSPS) is 26.8. The highest BCUT2D eigenvalue weighted by molar-refractivity contribution is 6.30. The zero-order chi connectivity index (χ0) is 35.8. The van der Waals surface area contributed by atoms with Crippen molar-refractivity contribution >= 4 is 52.6 Å². The average Bonchev–Trinajstić information content (AvgIpc) is 3.50. The van der Waals surface area contributed by atoms with Crippen LogP contribution < -0.4 is 10.3 Å². The van der Waals surface area contributed by atoms with E-state index >= 15 is 4.79 Å². The van der Waals surface area contributed by atoms with Crippen molar-refractivity contribution in [3.8, 4) is 5.75 Å². The molecule has 0 unspecified atom stereocenters. The molecule has 2 heterocycles. The van der Waals surface area contributed by atoms with Gasteiger partial charge in [0.25, 0.3) is 11.8 Å². The summed E-state index contributed by atoms with van der Waals surface area (Å²) in [5.41, 5.74) is 3.36. The maximum absolute atomic E-state index is 15.1. The highest BCUT2D eigenvalue weighted by atomic mass is 35.5. The Morgan fingerprint density at radius 1 is 0.863 bits per heavy atom. The quantitative estimate of drug-likeness (QED) is 0.162. The van der Waals surface area contributed by atoms with Crippen LogP contribution in [0.2, 0.25) is 5.02 Å². The number of phenolic OH excluding ortho intramolecular Hbond substituents is 1. The minimum atomic E-state index is -1.58. The van der Waals surface area contributed by atoms with E-state index in [1.54, 1.807) is 36.4 Å². The molecular weight excluding hydrogens is 677 g/mol. The number of rotatable bonds is 6. The standard InChI is InChI=1S/C39H29ClFN3O7/c40-23-9-7-22(8-10-23)39-31(35(47)44(38(39)51)42-25-13-11-24(41)12-14-25)19-30-28(33(39)20-3-2-6-27(45)18-20)15-16-29-32(30)36(48)43(34(29)46)26-5-1-4-21(17-26)37(49)50/h1-15,17-18,29-33,42,45H,16,19H2,(H,49,50)/t29-,30+,31-,32-,33-,39+/m0/s1. The molecule has 1 saturated carbocycles. The predicted octanol–water partition coefficient (Wildman–Crippen LogP) is 6.07. The van der Waals surface area contributed by atoms with Gasteiger partial charge in [-0.3, -0.25) is 29.5 Å². The SMILES string of the molecule is O=C(O)c1cccc(N2C(=O)[C@H]3[C@H](CC=C4[C@H]3C[C@H]3C(=O)N(Nc5ccc(F)cc5)C(=O)[C@@]3(c3ccc(Cl)cc3)[C@H]4c3cccc(O)c3)C2=O)c1. The van der Waals surface area contributed by atoms with Crippen LogP contribution in [0.1, 0.15) is 40.2 Å². The van der Waals surface area contributed by atoms with Crippen molar-refractivity contribution in [2.24, 2.45) is 23.7 Å². The van der Waals surface area contributed by atoms with Crippen LogP contribution in [0.5, 0.6) is 5.75 Å². The fraction of sp³-hybridized carbons (Fsp3) is 0.205. The van der Waals surface area contributed by atoms with Crippen molar-refractivity contribution in [2.45, 2.75) is 24.2 Å². The first-order valence-electron chi connectivity index (χ1n) is 16.4. The zero-order valence-corrected chi connectivity index (χ0v) is 27.5. The second kappa shape index (κ2) is 11.9. The Hall–Kier alpha value is -5.81. The molecule has 2 aliphatic carbocycles. The van der Waals surface area contributed by atoms with E-state index in [4.69, 9.17) is 11.6 Å². The van der Waals surface area contributed by atoms with Gasteiger partial charge in [0, 0.05) is 10.9 Å². The molecule has 0 aromatic heterocycles. The molecule has 4 aliphatic rings. The fourth-order valence-electron chi connectivity index (χ4n) is 8.77. The number of carbonyl (C=O) groups is 5. The van der Waals surface area contributed by atoms with Gasteiger partial charge in [-0.05, 0) is 96.6 Å². The van der Waals surface area contributed by atoms with Gasteiger partial charge in [0.15, 0.2) is 0 Å². The number of halogens is 2. The number of anilines is 2. The smallest absolute Gasteiger partial charge is 0.335 e. The van der Waals surface area contributed by atoms with Gasteiger partial charge < -0.3 is 10.2 Å². The average molecular weight is 706 g/mol. The number of carbonyl (C=O) groups excluding carboxylic acids is 4. The summed E-state index contributed by atoms with van der Waals surface area (Å²) in [5.74, 6) is -8.22. The van der Waals surface area contributed by atoms with Crippen LogP contribution in [0.25, 0.3) is 0 Å². The Labute approximate surface area is 295 Å². The summed E-state index contributed by atoms with van der Waals surface area (Å²) >= 11 is 6.32. The van der Waals surface area contributed by atoms with E-state index in [1.165, 1.54) is 60.7 Å². The Morgan fingerprint density at radius 3 is 2.29 bits per heavy atom. The van der Waals surface area contributed by atoms with Crippen molar-refractivity contribution in [1.29, 1.82) is 0 Å². The number of carboxylic acid groups (broad SMARTS) is 1. The van der Waals surface area contributed by atoms with Gasteiger partial charge in [-0.1, -0.05) is 53.6 Å². The number of nitrogens with one attached hydrogen (secondary N) is 1. The number of imide groups is 2. The third-order valence-electron chi connectivity index (χ3n) is 10.8. The summed E-state index contributed by atoms with van der Waals surface area (Å²) in [6.07, 6.45) is 2.07. The maximum Gasteiger partial charge on any atom is 0.335 e. The Bertz CT molecular complexity index is 2190. The second-order valence-corrected chi connectivity index (χ2v) is 13.8. The summed E-state index contributed by atoms with van der Waals surface area (Å²) < 4.78 is 13.8. The largest absolute Gasteiger partial charge is 0.508 e. The molecule has 6 atom stereocenters. The minimum Gasteiger partial charge on any atom is -0.508 e. The monoisotopic (exact) mass is 705 g/mol. The summed E-state index contributed by atoms with van der Waals surface area (Å²) in [4.78, 5) is 70.9. The van der Waals surface area contributed by atoms with E-state index in [1.807, 2.05) is 6.08 Å². The Morgan fingerprint density at radius 2 is 1.59 bits per heavy atom. The molecule has 12 heteroatoms. The molecule has 51 heavy (non-hydrogen) atoms. The highest BCUT2D eigenvalue weighted by Crippen LogP contribution is 2.64. The maximum atomic E-state index is 15.1. The van der Waals surface area contributed by atoms with Crippen LogP contribution in [0, 0.1) is 29.5 Å². The van der Waals surface area contributed by atoms with Crippen molar-refractivity contribution < 1.29 is 38.6 Å². The number of hydrazine groups is 1. The fourth-order valence-corrected chi connectivity index (χ4v) is 8.89. The zero-order valence-electron chi connectivity index (χ0n) is 26.7. The number of nitrogens with zero attached hydrogens (tertiary/aromatic N) is 2. The number of amides is 4. The third kappa shape index (κ3) is 4.86. The van der Waals surface area contributed by atoms with Crippen LogP contribution in [0.3, 0.4) is 0 Å². The van der Waals surface area contributed by atoms with Crippen LogP contribution in [0.15, 0.2) is 109 Å². The van der Waals surface area contributed by atoms with Crippen molar-refractivity contribution in [1.82, 2.24) is 5.01 Å². The lowest BCUT2D eigenvalue weighted by atomic mass is 9.49. The molecule has 4 aromatic rings. The second-order valence-electron chi connectivity index (χ2n) is 13.3. The molecule has 2 saturated heterocycles. The summed E-state index contributed by atoms with van der Waals surface area (Å²) in [5, 5.41) is 21.7. The number of hydrogen-bond acceptors (Lipinski definition) is 7. The lowest BCUT2D eigenvalue weighted by Gasteiger charge is -2.50. The molecule has 10 nitrogen and oxygen atoms in total. The molecule has 3 fully saturated rings. The molecule has 2 aliphatic heterocycles. The first-order valence-corrected chi connectivity index (χ1v) is 16.7. The van der Waals surface area contributed by atoms with E-state index in [0.717, 1.165) is 9.91 Å². The first kappa shape index (κ1) is 32.4. The van der Waals surface area contributed by atoms with Gasteiger partial charge in [0.1, 0.15) is 11.6 Å². The van der Waals surface area contributed by atoms with E-state index < -0.39 is 70.4 Å². The van der Waals surface area contributed by atoms with E-state index in [9.17, 15) is 33.8 Å². The van der Waals surface area contributed by atoms with Gasteiger partial charge in [0.2, 0.25) is 11.8 Å². The van der Waals surface area contributed by atoms with Gasteiger partial charge in [-0.25, -0.2) is 9.18 Å². The predicted molar refractivity (Wildman–Crippen MR) is 183 cm³/mol. The van der Waals surface area contributed by atoms with Gasteiger partial charge in [-0.15, -0.1) is 0 Å². The van der Waals surface area contributed by atoms with E-state index in [2.05, 4.69) is 5.43 Å². The summed E-state index contributed by atoms with van der Waals surface area (Å²) in [6.45, 7) is 0. The lowest BCUT2D eigenvalue weighted by Crippen LogP contribution is -2.53. The number of carboxylic acids is 1. The van der Waals surface area contributed by atoms with Crippen LogP contribution in [-0.4, -0.2) is 44.8 Å². The molecule has 0 bridgehead atoms. The number of aromatic hydroxyl groups is 1. The highest BCUT2D eigenvalue weighted by Gasteiger charge is 2.70. The molecule has 0 spiro atoms. The molecule has 4 aromatic carbocycles. The van der Waals surface area contributed by atoms with Crippen LogP contribution in [0.4, 0.5) is 15.8 Å². The molecule has 3 N–H and O–H groups in total. The molecule has 256 valence electrons. The number of fused-ring (bicyclic) bond motifs is 4.